The van der Waals surface area contributed by atoms with Crippen LogP contribution in [0.5, 0.6) is 0 Å². The molecule has 0 atom stereocenters. The molecule has 0 aromatic rings. The van der Waals surface area contributed by atoms with E-state index in [1.165, 1.54) is 0 Å². The fourth-order valence-corrected chi connectivity index (χ4v) is 1.07. The lowest BCUT2D eigenvalue weighted by molar-refractivity contribution is -0.150. The van der Waals surface area contributed by atoms with Gasteiger partial charge in [0.15, 0.2) is 0 Å². The van der Waals surface area contributed by atoms with Gasteiger partial charge in [-0.3, -0.25) is 4.79 Å². The minimum atomic E-state index is -0.781. The molecule has 0 aromatic heterocycles. The van der Waals surface area contributed by atoms with Crippen LogP contribution in [-0.4, -0.2) is 18.1 Å². The van der Waals surface area contributed by atoms with Gasteiger partial charge in [-0.2, -0.15) is 0 Å². The fraction of sp³-hybridized carbons (Fsp3) is 0.909. The first-order chi connectivity index (χ1) is 6.46. The molecule has 0 saturated carbocycles. The summed E-state index contributed by atoms with van der Waals surface area (Å²) in [4.78, 5) is 11.6. The highest BCUT2D eigenvalue weighted by Gasteiger charge is 2.31. The summed E-state index contributed by atoms with van der Waals surface area (Å²) in [5.74, 6) is 0.293. The Morgan fingerprint density at radius 1 is 1.36 bits per heavy atom. The molecule has 0 unspecified atom stereocenters. The molecule has 0 fully saturated rings. The number of rotatable bonds is 6. The second-order valence-electron chi connectivity index (χ2n) is 4.18. The van der Waals surface area contributed by atoms with Gasteiger partial charge in [-0.25, -0.2) is 0 Å². The molecule has 0 spiro atoms. The Labute approximate surface area is 87.0 Å². The third-order valence-corrected chi connectivity index (χ3v) is 2.60. The van der Waals surface area contributed by atoms with Gasteiger partial charge in [-0.05, 0) is 25.2 Å². The van der Waals surface area contributed by atoms with E-state index in [9.17, 15) is 4.79 Å². The normalized spacial score (nSPS) is 11.9. The maximum absolute atomic E-state index is 11.6. The highest BCUT2D eigenvalue weighted by Crippen LogP contribution is 2.13. The molecule has 2 N–H and O–H groups in total. The molecule has 3 nitrogen and oxygen atoms in total. The van der Waals surface area contributed by atoms with Crippen LogP contribution < -0.4 is 5.73 Å². The van der Waals surface area contributed by atoms with Crippen LogP contribution in [0.25, 0.3) is 0 Å². The Balaban J connectivity index is 3.94. The average molecular weight is 201 g/mol. The van der Waals surface area contributed by atoms with Gasteiger partial charge in [0.05, 0.1) is 6.61 Å². The zero-order valence-electron chi connectivity index (χ0n) is 9.80. The summed E-state index contributed by atoms with van der Waals surface area (Å²) < 4.78 is 5.14. The number of carbonyl (C=O) groups is 1. The van der Waals surface area contributed by atoms with Crippen molar-refractivity contribution in [2.75, 3.05) is 6.61 Å². The quantitative estimate of drug-likeness (QED) is 0.669. The zero-order valence-corrected chi connectivity index (χ0v) is 9.80. The molecule has 14 heavy (non-hydrogen) atoms. The van der Waals surface area contributed by atoms with Crippen LogP contribution in [0.15, 0.2) is 0 Å². The van der Waals surface area contributed by atoms with Crippen molar-refractivity contribution in [2.24, 2.45) is 11.7 Å². The van der Waals surface area contributed by atoms with Gasteiger partial charge in [-0.15, -0.1) is 0 Å². The molecule has 0 aromatic carbocycles. The SMILES string of the molecule is CCC(N)(CC)C(=O)OCCC(C)C. The maximum Gasteiger partial charge on any atom is 0.326 e. The van der Waals surface area contributed by atoms with Crippen LogP contribution in [0.2, 0.25) is 0 Å². The molecule has 0 aliphatic rings. The third-order valence-electron chi connectivity index (χ3n) is 2.60. The highest BCUT2D eigenvalue weighted by molar-refractivity contribution is 5.80. The molecule has 0 aliphatic heterocycles. The lowest BCUT2D eigenvalue weighted by Crippen LogP contribution is -2.48. The molecule has 0 aliphatic carbocycles. The van der Waals surface area contributed by atoms with Gasteiger partial charge in [0.1, 0.15) is 5.54 Å². The van der Waals surface area contributed by atoms with E-state index in [2.05, 4.69) is 13.8 Å². The Morgan fingerprint density at radius 2 is 1.86 bits per heavy atom. The minimum Gasteiger partial charge on any atom is -0.464 e. The maximum atomic E-state index is 11.6. The Bertz CT molecular complexity index is 174. The monoisotopic (exact) mass is 201 g/mol. The van der Waals surface area contributed by atoms with Gasteiger partial charge < -0.3 is 10.5 Å². The summed E-state index contributed by atoms with van der Waals surface area (Å²) in [5, 5.41) is 0. The second kappa shape index (κ2) is 6.02. The molecular formula is C11H23NO2. The van der Waals surface area contributed by atoms with Crippen molar-refractivity contribution in [1.29, 1.82) is 0 Å². The van der Waals surface area contributed by atoms with Gasteiger partial charge in [0, 0.05) is 0 Å². The van der Waals surface area contributed by atoms with Crippen LogP contribution in [-0.2, 0) is 9.53 Å². The van der Waals surface area contributed by atoms with Crippen molar-refractivity contribution >= 4 is 5.97 Å². The number of hydrogen-bond donors (Lipinski definition) is 1. The number of ether oxygens (including phenoxy) is 1. The minimum absolute atomic E-state index is 0.261. The predicted molar refractivity (Wildman–Crippen MR) is 57.9 cm³/mol. The summed E-state index contributed by atoms with van der Waals surface area (Å²) in [6.45, 7) is 8.50. The van der Waals surface area contributed by atoms with E-state index in [-0.39, 0.29) is 5.97 Å². The van der Waals surface area contributed by atoms with Gasteiger partial charge in [0.25, 0.3) is 0 Å². The van der Waals surface area contributed by atoms with E-state index in [0.717, 1.165) is 6.42 Å². The summed E-state index contributed by atoms with van der Waals surface area (Å²) in [5.41, 5.74) is 5.10. The summed E-state index contributed by atoms with van der Waals surface area (Å²) in [6.07, 6.45) is 2.16. The summed E-state index contributed by atoms with van der Waals surface area (Å²) in [6, 6.07) is 0. The summed E-state index contributed by atoms with van der Waals surface area (Å²) >= 11 is 0. The molecule has 0 saturated heterocycles. The topological polar surface area (TPSA) is 52.3 Å². The van der Waals surface area contributed by atoms with Crippen LogP contribution >= 0.6 is 0 Å². The van der Waals surface area contributed by atoms with Gasteiger partial charge in [-0.1, -0.05) is 27.7 Å². The first-order valence-corrected chi connectivity index (χ1v) is 5.42. The molecule has 0 amide bonds. The van der Waals surface area contributed by atoms with E-state index in [1.807, 2.05) is 13.8 Å². The Kier molecular flexibility index (Phi) is 5.77. The molecule has 0 radical (unpaired) electrons. The van der Waals surface area contributed by atoms with Gasteiger partial charge in [0.2, 0.25) is 0 Å². The lowest BCUT2D eigenvalue weighted by Gasteiger charge is -2.24. The standard InChI is InChI=1S/C11H23NO2/c1-5-11(12,6-2)10(13)14-8-7-9(3)4/h9H,5-8,12H2,1-4H3. The van der Waals surface area contributed by atoms with Crippen molar-refractivity contribution in [3.63, 3.8) is 0 Å². The molecule has 0 heterocycles. The van der Waals surface area contributed by atoms with E-state index in [1.54, 1.807) is 0 Å². The summed E-state index contributed by atoms with van der Waals surface area (Å²) in [7, 11) is 0. The van der Waals surface area contributed by atoms with Crippen LogP contribution in [0.1, 0.15) is 47.0 Å². The lowest BCUT2D eigenvalue weighted by atomic mass is 9.95. The van der Waals surface area contributed by atoms with Crippen molar-refractivity contribution in [3.05, 3.63) is 0 Å². The van der Waals surface area contributed by atoms with E-state index in [4.69, 9.17) is 10.5 Å². The second-order valence-corrected chi connectivity index (χ2v) is 4.18. The Hall–Kier alpha value is -0.570. The molecule has 0 bridgehead atoms. The molecule has 0 rings (SSSR count). The molecule has 84 valence electrons. The number of carbonyl (C=O) groups excluding carboxylic acids is 1. The van der Waals surface area contributed by atoms with E-state index < -0.39 is 5.54 Å². The average Bonchev–Trinajstić information content (AvgIpc) is 2.15. The van der Waals surface area contributed by atoms with Gasteiger partial charge >= 0.3 is 5.97 Å². The van der Waals surface area contributed by atoms with Crippen molar-refractivity contribution in [1.82, 2.24) is 0 Å². The van der Waals surface area contributed by atoms with Crippen molar-refractivity contribution in [2.45, 2.75) is 52.5 Å². The first-order valence-electron chi connectivity index (χ1n) is 5.42. The van der Waals surface area contributed by atoms with Crippen molar-refractivity contribution < 1.29 is 9.53 Å². The number of nitrogens with two attached hydrogens (primary N) is 1. The largest absolute Gasteiger partial charge is 0.464 e. The first kappa shape index (κ1) is 13.4. The van der Waals surface area contributed by atoms with Crippen LogP contribution in [0, 0.1) is 5.92 Å². The Morgan fingerprint density at radius 3 is 2.21 bits per heavy atom. The zero-order chi connectivity index (χ0) is 11.2. The number of esters is 1. The fourth-order valence-electron chi connectivity index (χ4n) is 1.07. The molecular weight excluding hydrogens is 178 g/mol. The third kappa shape index (κ3) is 4.09. The van der Waals surface area contributed by atoms with Crippen LogP contribution in [0.3, 0.4) is 0 Å². The number of hydrogen-bond acceptors (Lipinski definition) is 3. The molecule has 3 heteroatoms. The van der Waals surface area contributed by atoms with Crippen LogP contribution in [0.4, 0.5) is 0 Å². The smallest absolute Gasteiger partial charge is 0.326 e. The van der Waals surface area contributed by atoms with E-state index >= 15 is 0 Å². The highest BCUT2D eigenvalue weighted by atomic mass is 16.5. The van der Waals surface area contributed by atoms with E-state index in [0.29, 0.717) is 25.4 Å². The predicted octanol–water partition coefficient (Wildman–Crippen LogP) is 2.09. The van der Waals surface area contributed by atoms with Crippen molar-refractivity contribution in [3.8, 4) is 0 Å².